The van der Waals surface area contributed by atoms with Crippen LogP contribution in [0.2, 0.25) is 5.54 Å². The Balaban J connectivity index is 2.70. The van der Waals surface area contributed by atoms with Gasteiger partial charge in [-0.25, -0.2) is 0 Å². The first-order valence-electron chi connectivity index (χ1n) is 11.6. The van der Waals surface area contributed by atoms with E-state index in [9.17, 15) is 9.59 Å². The molecule has 0 amide bonds. The number of rotatable bonds is 10. The van der Waals surface area contributed by atoms with Crippen LogP contribution in [0.1, 0.15) is 53.9 Å². The molecule has 1 fully saturated rings. The van der Waals surface area contributed by atoms with Crippen molar-refractivity contribution in [3.05, 3.63) is 23.8 Å². The highest BCUT2D eigenvalue weighted by atomic mass is 28.4. The molecule has 0 heterocycles. The molecule has 8 heteroatoms. The summed E-state index contributed by atoms with van der Waals surface area (Å²) in [7, 11) is -0.585. The number of methoxy groups -OCH3 is 2. The summed E-state index contributed by atoms with van der Waals surface area (Å²) in [4.78, 5) is 25.9. The Kier molecular flexibility index (Phi) is 9.28. The van der Waals surface area contributed by atoms with Crippen LogP contribution in [0.3, 0.4) is 0 Å². The van der Waals surface area contributed by atoms with Crippen LogP contribution in [0.4, 0.5) is 0 Å². The number of allylic oxidation sites excluding steroid dienone is 3. The maximum absolute atomic E-state index is 12.9. The Labute approximate surface area is 193 Å². The average molecular weight is 469 g/mol. The van der Waals surface area contributed by atoms with Gasteiger partial charge in [0.2, 0.25) is 0 Å². The van der Waals surface area contributed by atoms with E-state index >= 15 is 0 Å². The second-order valence-corrected chi connectivity index (χ2v) is 11.6. The number of carbonyl (C=O) groups is 2. The number of hydrogen-bond acceptors (Lipinski definition) is 7. The first-order valence-corrected chi connectivity index (χ1v) is 13.4. The first-order chi connectivity index (χ1) is 15.2. The molecule has 1 saturated carbocycles. The summed E-state index contributed by atoms with van der Waals surface area (Å²) in [5.74, 6) is -1.01. The standard InChI is InChI=1S/C24H40O7Si/c1-9-29-32(30-10-2,31-11-3)21-13-18(16(4)5)12-17(6)19-14-24(15-20(19)21,22(25)27-7)23(26)28-8/h13,16,19-21H,6,9-12,14-15H2,1-5,7-8H3/t19-,20-,21-/m0/s1. The summed E-state index contributed by atoms with van der Waals surface area (Å²) < 4.78 is 29.1. The Morgan fingerprint density at radius 3 is 1.94 bits per heavy atom. The van der Waals surface area contributed by atoms with E-state index in [-0.39, 0.29) is 23.8 Å². The lowest BCUT2D eigenvalue weighted by Gasteiger charge is -2.38. The van der Waals surface area contributed by atoms with E-state index < -0.39 is 26.2 Å². The minimum Gasteiger partial charge on any atom is -0.468 e. The van der Waals surface area contributed by atoms with Crippen molar-refractivity contribution in [1.29, 1.82) is 0 Å². The Bertz CT molecular complexity index is 697. The fraction of sp³-hybridized carbons (Fsp3) is 0.750. The van der Waals surface area contributed by atoms with Crippen LogP contribution in [0.15, 0.2) is 23.8 Å². The lowest BCUT2D eigenvalue weighted by atomic mass is 9.83. The van der Waals surface area contributed by atoms with Gasteiger partial charge in [-0.1, -0.05) is 37.6 Å². The van der Waals surface area contributed by atoms with Crippen LogP contribution in [0.5, 0.6) is 0 Å². The molecule has 7 nitrogen and oxygen atoms in total. The number of esters is 2. The molecule has 3 atom stereocenters. The van der Waals surface area contributed by atoms with Gasteiger partial charge in [-0.3, -0.25) is 9.59 Å². The van der Waals surface area contributed by atoms with Crippen molar-refractivity contribution < 1.29 is 32.3 Å². The zero-order valence-electron chi connectivity index (χ0n) is 20.7. The summed E-state index contributed by atoms with van der Waals surface area (Å²) in [5.41, 5.74) is 0.695. The van der Waals surface area contributed by atoms with Gasteiger partial charge in [0.1, 0.15) is 0 Å². The maximum Gasteiger partial charge on any atom is 0.508 e. The third kappa shape index (κ3) is 4.88. The van der Waals surface area contributed by atoms with Gasteiger partial charge in [0.25, 0.3) is 0 Å². The zero-order chi connectivity index (χ0) is 24.1. The van der Waals surface area contributed by atoms with Crippen LogP contribution >= 0.6 is 0 Å². The Morgan fingerprint density at radius 2 is 1.53 bits per heavy atom. The van der Waals surface area contributed by atoms with Gasteiger partial charge in [0.15, 0.2) is 5.41 Å². The molecular formula is C24H40O7Si. The van der Waals surface area contributed by atoms with Crippen molar-refractivity contribution >= 4 is 20.7 Å². The van der Waals surface area contributed by atoms with Gasteiger partial charge < -0.3 is 22.8 Å². The van der Waals surface area contributed by atoms with Gasteiger partial charge in [-0.15, -0.1) is 0 Å². The third-order valence-electron chi connectivity index (χ3n) is 6.82. The van der Waals surface area contributed by atoms with E-state index in [1.165, 1.54) is 19.8 Å². The maximum atomic E-state index is 12.9. The van der Waals surface area contributed by atoms with E-state index in [4.69, 9.17) is 22.8 Å². The normalized spacial score (nSPS) is 25.2. The van der Waals surface area contributed by atoms with Gasteiger partial charge in [0.05, 0.1) is 19.8 Å². The summed E-state index contributed by atoms with van der Waals surface area (Å²) >= 11 is 0. The van der Waals surface area contributed by atoms with E-state index in [2.05, 4.69) is 26.5 Å². The lowest BCUT2D eigenvalue weighted by molar-refractivity contribution is -0.169. The SMILES string of the molecule is C=C1CC(C(C)C)=C[C@H]([Si](OCC)(OCC)OCC)[C@H]2CC(C(=O)OC)(C(=O)OC)C[C@@H]12. The van der Waals surface area contributed by atoms with Crippen molar-refractivity contribution in [3.63, 3.8) is 0 Å². The molecule has 0 aromatic heterocycles. The smallest absolute Gasteiger partial charge is 0.468 e. The second-order valence-electron chi connectivity index (χ2n) is 8.90. The van der Waals surface area contributed by atoms with E-state index in [0.717, 1.165) is 5.57 Å². The van der Waals surface area contributed by atoms with Crippen molar-refractivity contribution in [2.24, 2.45) is 23.2 Å². The summed E-state index contributed by atoms with van der Waals surface area (Å²) in [6.45, 7) is 15.9. The van der Waals surface area contributed by atoms with E-state index in [1.54, 1.807) is 0 Å². The number of hydrogen-bond donors (Lipinski definition) is 0. The van der Waals surface area contributed by atoms with Gasteiger partial charge >= 0.3 is 20.7 Å². The largest absolute Gasteiger partial charge is 0.508 e. The molecule has 0 aromatic rings. The Hall–Kier alpha value is -1.48. The molecule has 0 bridgehead atoms. The fourth-order valence-corrected chi connectivity index (χ4v) is 8.70. The third-order valence-corrected chi connectivity index (χ3v) is 10.3. The van der Waals surface area contributed by atoms with Crippen LogP contribution in [0.25, 0.3) is 0 Å². The summed E-state index contributed by atoms with van der Waals surface area (Å²) in [6.07, 6.45) is 3.53. The van der Waals surface area contributed by atoms with Gasteiger partial charge in [-0.05, 0) is 57.8 Å². The highest BCUT2D eigenvalue weighted by Crippen LogP contribution is 2.59. The summed E-state index contributed by atoms with van der Waals surface area (Å²) in [5, 5.41) is 0. The molecule has 0 aromatic carbocycles. The Morgan fingerprint density at radius 1 is 1.03 bits per heavy atom. The van der Waals surface area contributed by atoms with E-state index in [1.807, 2.05) is 20.8 Å². The summed E-state index contributed by atoms with van der Waals surface area (Å²) in [6, 6.07) is 0. The first kappa shape index (κ1) is 26.8. The molecule has 0 saturated heterocycles. The molecular weight excluding hydrogens is 428 g/mol. The molecule has 182 valence electrons. The minimum absolute atomic E-state index is 0.0843. The zero-order valence-corrected chi connectivity index (χ0v) is 21.7. The van der Waals surface area contributed by atoms with Crippen LogP contribution in [-0.2, 0) is 32.3 Å². The molecule has 2 aliphatic carbocycles. The van der Waals surface area contributed by atoms with Crippen molar-refractivity contribution in [1.82, 2.24) is 0 Å². The monoisotopic (exact) mass is 468 g/mol. The number of carbonyl (C=O) groups excluding carboxylic acids is 2. The molecule has 0 radical (unpaired) electrons. The van der Waals surface area contributed by atoms with E-state index in [0.29, 0.717) is 38.6 Å². The molecule has 2 rings (SSSR count). The van der Waals surface area contributed by atoms with Crippen LogP contribution in [0, 0.1) is 23.2 Å². The molecule has 2 aliphatic rings. The number of ether oxygens (including phenoxy) is 2. The quantitative estimate of drug-likeness (QED) is 0.205. The average Bonchev–Trinajstić information content (AvgIpc) is 3.11. The number of fused-ring (bicyclic) bond motifs is 1. The molecule has 0 spiro atoms. The van der Waals surface area contributed by atoms with Crippen molar-refractivity contribution in [2.75, 3.05) is 34.0 Å². The molecule has 0 unspecified atom stereocenters. The lowest BCUT2D eigenvalue weighted by Crippen LogP contribution is -2.52. The van der Waals surface area contributed by atoms with Gasteiger partial charge in [0, 0.05) is 19.8 Å². The topological polar surface area (TPSA) is 80.3 Å². The highest BCUT2D eigenvalue weighted by molar-refractivity contribution is 6.63. The second kappa shape index (κ2) is 11.1. The predicted molar refractivity (Wildman–Crippen MR) is 124 cm³/mol. The molecule has 0 N–H and O–H groups in total. The minimum atomic E-state index is -3.20. The van der Waals surface area contributed by atoms with Gasteiger partial charge in [-0.2, -0.15) is 0 Å². The molecule has 32 heavy (non-hydrogen) atoms. The van der Waals surface area contributed by atoms with Crippen LogP contribution < -0.4 is 0 Å². The van der Waals surface area contributed by atoms with Crippen molar-refractivity contribution in [3.8, 4) is 0 Å². The highest BCUT2D eigenvalue weighted by Gasteiger charge is 2.64. The predicted octanol–water partition coefficient (Wildman–Crippen LogP) is 4.31. The van der Waals surface area contributed by atoms with Crippen LogP contribution in [-0.4, -0.2) is 54.8 Å². The fourth-order valence-electron chi connectivity index (χ4n) is 5.37. The molecule has 0 aliphatic heterocycles. The van der Waals surface area contributed by atoms with Crippen molar-refractivity contribution in [2.45, 2.75) is 59.4 Å².